The molecule has 3 rings (SSSR count). The van der Waals surface area contributed by atoms with E-state index in [1.54, 1.807) is 12.3 Å². The van der Waals surface area contributed by atoms with Crippen LogP contribution in [0, 0.1) is 5.41 Å². The van der Waals surface area contributed by atoms with Gasteiger partial charge in [0.15, 0.2) is 0 Å². The number of hydrogen-bond donors (Lipinski definition) is 0. The van der Waals surface area contributed by atoms with Crippen molar-refractivity contribution in [3.63, 3.8) is 0 Å². The molecule has 1 aliphatic heterocycles. The molecule has 4 heteroatoms. The highest BCUT2D eigenvalue weighted by atomic mass is 35.5. The number of fused-ring (bicyclic) bond motifs is 1. The highest BCUT2D eigenvalue weighted by molar-refractivity contribution is 6.36. The normalized spacial score (nSPS) is 16.5. The lowest BCUT2D eigenvalue weighted by molar-refractivity contribution is 0.225. The number of hydrogen-bond acceptors (Lipinski definition) is 2. The molecule has 1 aromatic carbocycles. The molecule has 1 aliphatic rings. The van der Waals surface area contributed by atoms with Crippen LogP contribution in [0.1, 0.15) is 25.1 Å². The molecular formula is C17H15Cl2NO. The maximum absolute atomic E-state index is 6.31. The van der Waals surface area contributed by atoms with Crippen molar-refractivity contribution in [1.29, 1.82) is 0 Å². The molecule has 0 radical (unpaired) electrons. The Morgan fingerprint density at radius 3 is 2.71 bits per heavy atom. The van der Waals surface area contributed by atoms with Crippen molar-refractivity contribution in [1.82, 2.24) is 4.98 Å². The third kappa shape index (κ3) is 2.92. The lowest BCUT2D eigenvalue weighted by Gasteiger charge is -2.18. The van der Waals surface area contributed by atoms with Gasteiger partial charge in [0.25, 0.3) is 0 Å². The van der Waals surface area contributed by atoms with Crippen LogP contribution < -0.4 is 4.74 Å². The van der Waals surface area contributed by atoms with E-state index in [4.69, 9.17) is 27.9 Å². The van der Waals surface area contributed by atoms with Gasteiger partial charge in [0.2, 0.25) is 0 Å². The summed E-state index contributed by atoms with van der Waals surface area (Å²) in [6, 6.07) is 9.43. The molecule has 0 N–H and O–H groups in total. The fourth-order valence-electron chi connectivity index (χ4n) is 2.41. The Morgan fingerprint density at radius 2 is 2.00 bits per heavy atom. The fourth-order valence-corrected chi connectivity index (χ4v) is 2.96. The zero-order chi connectivity index (χ0) is 15.0. The largest absolute Gasteiger partial charge is 0.490 e. The van der Waals surface area contributed by atoms with Crippen molar-refractivity contribution >= 4 is 28.8 Å². The van der Waals surface area contributed by atoms with Gasteiger partial charge in [-0.15, -0.1) is 0 Å². The van der Waals surface area contributed by atoms with Crippen molar-refractivity contribution in [3.8, 4) is 5.75 Å². The van der Waals surface area contributed by atoms with Crippen molar-refractivity contribution in [2.45, 2.75) is 13.8 Å². The first-order chi connectivity index (χ1) is 9.96. The van der Waals surface area contributed by atoms with E-state index in [-0.39, 0.29) is 5.41 Å². The predicted octanol–water partition coefficient (Wildman–Crippen LogP) is 5.24. The Balaban J connectivity index is 2.27. The summed E-state index contributed by atoms with van der Waals surface area (Å²) in [6.45, 7) is 4.80. The minimum absolute atomic E-state index is 0.123. The van der Waals surface area contributed by atoms with Gasteiger partial charge in [-0.2, -0.15) is 0 Å². The van der Waals surface area contributed by atoms with Gasteiger partial charge in [-0.25, -0.2) is 0 Å². The number of ether oxygens (including phenoxy) is 1. The average molecular weight is 320 g/mol. The molecule has 2 heterocycles. The molecule has 0 spiro atoms. The number of halogens is 2. The van der Waals surface area contributed by atoms with Gasteiger partial charge >= 0.3 is 0 Å². The average Bonchev–Trinajstić information content (AvgIpc) is 2.57. The number of pyridine rings is 1. The van der Waals surface area contributed by atoms with E-state index in [9.17, 15) is 0 Å². The third-order valence-electron chi connectivity index (χ3n) is 3.36. The Bertz CT molecular complexity index is 708. The summed E-state index contributed by atoms with van der Waals surface area (Å²) < 4.78 is 5.93. The van der Waals surface area contributed by atoms with Gasteiger partial charge < -0.3 is 4.74 Å². The molecule has 0 saturated heterocycles. The van der Waals surface area contributed by atoms with Crippen LogP contribution in [-0.2, 0) is 0 Å². The molecule has 1 aromatic heterocycles. The second-order valence-electron chi connectivity index (χ2n) is 5.81. The SMILES string of the molecule is CC1(C)C=C(c2ccccn2)c2cc(Cl)cc(Cl)c2OC1. The Morgan fingerprint density at radius 1 is 1.19 bits per heavy atom. The number of aromatic nitrogens is 1. The first-order valence-electron chi connectivity index (χ1n) is 6.73. The molecule has 0 bridgehead atoms. The van der Waals surface area contributed by atoms with E-state index >= 15 is 0 Å². The van der Waals surface area contributed by atoms with Crippen LogP contribution in [0.15, 0.2) is 42.6 Å². The molecule has 2 nitrogen and oxygen atoms in total. The summed E-state index contributed by atoms with van der Waals surface area (Å²) in [5.41, 5.74) is 2.65. The molecule has 21 heavy (non-hydrogen) atoms. The maximum atomic E-state index is 6.31. The van der Waals surface area contributed by atoms with Crippen LogP contribution in [0.3, 0.4) is 0 Å². The van der Waals surface area contributed by atoms with Crippen LogP contribution in [0.2, 0.25) is 10.0 Å². The molecule has 0 saturated carbocycles. The predicted molar refractivity (Wildman–Crippen MR) is 87.1 cm³/mol. The van der Waals surface area contributed by atoms with Crippen molar-refractivity contribution in [2.75, 3.05) is 6.61 Å². The molecule has 0 amide bonds. The molecule has 108 valence electrons. The summed E-state index contributed by atoms with van der Waals surface area (Å²) in [6.07, 6.45) is 3.95. The van der Waals surface area contributed by atoms with Gasteiger partial charge in [0, 0.05) is 27.8 Å². The summed E-state index contributed by atoms with van der Waals surface area (Å²) >= 11 is 12.5. The van der Waals surface area contributed by atoms with Crippen LogP contribution in [0.25, 0.3) is 5.57 Å². The molecule has 0 fully saturated rings. The minimum Gasteiger partial charge on any atom is -0.490 e. The van der Waals surface area contributed by atoms with E-state index in [1.807, 2.05) is 24.3 Å². The molecule has 0 aliphatic carbocycles. The van der Waals surface area contributed by atoms with Gasteiger partial charge in [-0.1, -0.05) is 49.2 Å². The van der Waals surface area contributed by atoms with E-state index in [0.29, 0.717) is 22.4 Å². The second kappa shape index (κ2) is 5.36. The Kier molecular flexibility index (Phi) is 3.68. The summed E-state index contributed by atoms with van der Waals surface area (Å²) in [5, 5.41) is 1.11. The van der Waals surface area contributed by atoms with Gasteiger partial charge in [-0.3, -0.25) is 4.98 Å². The smallest absolute Gasteiger partial charge is 0.145 e. The Hall–Kier alpha value is -1.51. The fraction of sp³-hybridized carbons (Fsp3) is 0.235. The number of rotatable bonds is 1. The summed E-state index contributed by atoms with van der Waals surface area (Å²) in [4.78, 5) is 4.46. The Labute approximate surface area is 134 Å². The topological polar surface area (TPSA) is 22.1 Å². The lowest BCUT2D eigenvalue weighted by atomic mass is 9.89. The minimum atomic E-state index is -0.123. The van der Waals surface area contributed by atoms with E-state index in [0.717, 1.165) is 16.8 Å². The van der Waals surface area contributed by atoms with E-state index in [1.165, 1.54) is 0 Å². The molecule has 0 unspecified atom stereocenters. The van der Waals surface area contributed by atoms with Crippen LogP contribution >= 0.6 is 23.2 Å². The van der Waals surface area contributed by atoms with E-state index in [2.05, 4.69) is 24.9 Å². The zero-order valence-electron chi connectivity index (χ0n) is 11.9. The van der Waals surface area contributed by atoms with Crippen molar-refractivity contribution in [2.24, 2.45) is 5.41 Å². The van der Waals surface area contributed by atoms with Gasteiger partial charge in [0.05, 0.1) is 17.3 Å². The quantitative estimate of drug-likeness (QED) is 0.717. The first kappa shape index (κ1) is 14.4. The molecule has 2 aromatic rings. The van der Waals surface area contributed by atoms with Crippen LogP contribution in [0.4, 0.5) is 0 Å². The van der Waals surface area contributed by atoms with Crippen LogP contribution in [-0.4, -0.2) is 11.6 Å². The summed E-state index contributed by atoms with van der Waals surface area (Å²) in [7, 11) is 0. The number of nitrogens with zero attached hydrogens (tertiary/aromatic N) is 1. The molecule has 0 atom stereocenters. The van der Waals surface area contributed by atoms with Crippen molar-refractivity contribution < 1.29 is 4.74 Å². The van der Waals surface area contributed by atoms with Gasteiger partial charge in [0.1, 0.15) is 5.75 Å². The third-order valence-corrected chi connectivity index (χ3v) is 3.86. The number of benzene rings is 1. The second-order valence-corrected chi connectivity index (χ2v) is 6.66. The van der Waals surface area contributed by atoms with Crippen molar-refractivity contribution in [3.05, 3.63) is 63.9 Å². The van der Waals surface area contributed by atoms with Gasteiger partial charge in [-0.05, 0) is 24.3 Å². The van der Waals surface area contributed by atoms with Crippen LogP contribution in [0.5, 0.6) is 5.75 Å². The monoisotopic (exact) mass is 319 g/mol. The zero-order valence-corrected chi connectivity index (χ0v) is 13.4. The first-order valence-corrected chi connectivity index (χ1v) is 7.48. The summed E-state index contributed by atoms with van der Waals surface area (Å²) in [5.74, 6) is 0.670. The molecular weight excluding hydrogens is 305 g/mol. The standard InChI is InChI=1S/C17H15Cl2NO/c1-17(2)9-13(15-5-3-4-6-20-15)12-7-11(18)8-14(19)16(12)21-10-17/h3-9H,10H2,1-2H3. The maximum Gasteiger partial charge on any atom is 0.145 e. The highest BCUT2D eigenvalue weighted by Crippen LogP contribution is 2.42. The lowest BCUT2D eigenvalue weighted by Crippen LogP contribution is -2.17. The van der Waals surface area contributed by atoms with E-state index < -0.39 is 0 Å². The highest BCUT2D eigenvalue weighted by Gasteiger charge is 2.26.